The van der Waals surface area contributed by atoms with Crippen molar-refractivity contribution in [1.82, 2.24) is 9.78 Å². The first-order valence-electron chi connectivity index (χ1n) is 5.89. The third-order valence-electron chi connectivity index (χ3n) is 3.07. The van der Waals surface area contributed by atoms with Crippen LogP contribution in [0, 0.1) is 0 Å². The third-order valence-corrected chi connectivity index (χ3v) is 3.56. The summed E-state index contributed by atoms with van der Waals surface area (Å²) < 4.78 is 8.22. The smallest absolute Gasteiger partial charge is 0.133 e. The van der Waals surface area contributed by atoms with Gasteiger partial charge in [0.15, 0.2) is 0 Å². The van der Waals surface area contributed by atoms with E-state index in [2.05, 4.69) is 38.5 Å². The van der Waals surface area contributed by atoms with E-state index in [9.17, 15) is 0 Å². The number of hydrogen-bond acceptors (Lipinski definition) is 3. The fourth-order valence-corrected chi connectivity index (χ4v) is 2.68. The van der Waals surface area contributed by atoms with Crippen LogP contribution in [0.25, 0.3) is 5.69 Å². The lowest BCUT2D eigenvalue weighted by Crippen LogP contribution is -2.05. The van der Waals surface area contributed by atoms with Crippen LogP contribution >= 0.6 is 15.9 Å². The summed E-state index contributed by atoms with van der Waals surface area (Å²) in [5.41, 5.74) is 3.35. The summed E-state index contributed by atoms with van der Waals surface area (Å²) in [6, 6.07) is 8.13. The molecule has 0 unspecified atom stereocenters. The summed E-state index contributed by atoms with van der Waals surface area (Å²) >= 11 is 3.49. The van der Waals surface area contributed by atoms with Crippen molar-refractivity contribution in [3.8, 4) is 5.69 Å². The van der Waals surface area contributed by atoms with Crippen LogP contribution < -0.4 is 5.32 Å². The molecule has 0 saturated heterocycles. The molecule has 1 N–H and O–H groups in total. The molecular weight excluding hydrogens is 294 g/mol. The van der Waals surface area contributed by atoms with Crippen molar-refractivity contribution < 1.29 is 4.74 Å². The van der Waals surface area contributed by atoms with Crippen molar-refractivity contribution in [2.75, 3.05) is 19.0 Å². The zero-order valence-electron chi connectivity index (χ0n) is 10.1. The monoisotopic (exact) mass is 307 g/mol. The maximum atomic E-state index is 5.21. The summed E-state index contributed by atoms with van der Waals surface area (Å²) in [6.45, 7) is 1.53. The number of nitrogens with zero attached hydrogens (tertiary/aromatic N) is 2. The van der Waals surface area contributed by atoms with E-state index in [1.165, 1.54) is 5.56 Å². The second-order valence-electron chi connectivity index (χ2n) is 4.28. The number of benzene rings is 1. The molecule has 1 aliphatic rings. The van der Waals surface area contributed by atoms with Crippen molar-refractivity contribution in [2.45, 2.75) is 13.0 Å². The quantitative estimate of drug-likeness (QED) is 0.947. The Kier molecular flexibility index (Phi) is 3.09. The van der Waals surface area contributed by atoms with Gasteiger partial charge in [0.25, 0.3) is 0 Å². The maximum Gasteiger partial charge on any atom is 0.133 e. The maximum absolute atomic E-state index is 5.21. The topological polar surface area (TPSA) is 39.1 Å². The molecule has 3 rings (SSSR count). The molecule has 1 aromatic heterocycles. The summed E-state index contributed by atoms with van der Waals surface area (Å²) in [6.07, 6.45) is 1.02. The molecular formula is C13H14BrN3O. The molecule has 1 aliphatic heterocycles. The molecule has 18 heavy (non-hydrogen) atoms. The van der Waals surface area contributed by atoms with Gasteiger partial charge in [-0.15, -0.1) is 0 Å². The molecule has 0 amide bonds. The van der Waals surface area contributed by atoms with Gasteiger partial charge in [0.2, 0.25) is 0 Å². The minimum atomic E-state index is 0.561. The molecule has 0 radical (unpaired) electrons. The Morgan fingerprint density at radius 1 is 1.50 bits per heavy atom. The Balaban J connectivity index is 2.10. The van der Waals surface area contributed by atoms with Gasteiger partial charge in [-0.25, -0.2) is 4.68 Å². The van der Waals surface area contributed by atoms with Gasteiger partial charge in [0.05, 0.1) is 18.0 Å². The van der Waals surface area contributed by atoms with E-state index in [1.807, 2.05) is 16.8 Å². The molecule has 1 aromatic carbocycles. The standard InChI is InChI=1S/C13H14BrN3O/c1-18-8-12-11-5-6-15-13(11)17(16-12)10-4-2-3-9(14)7-10/h2-4,7,15H,5-6,8H2,1H3. The predicted octanol–water partition coefficient (Wildman–Crippen LogP) is 2.75. The second-order valence-corrected chi connectivity index (χ2v) is 5.19. The van der Waals surface area contributed by atoms with Crippen molar-refractivity contribution >= 4 is 21.7 Å². The van der Waals surface area contributed by atoms with Gasteiger partial charge in [-0.05, 0) is 24.6 Å². The lowest BCUT2D eigenvalue weighted by molar-refractivity contribution is 0.180. The van der Waals surface area contributed by atoms with Crippen molar-refractivity contribution in [1.29, 1.82) is 0 Å². The van der Waals surface area contributed by atoms with Crippen LogP contribution in [0.2, 0.25) is 0 Å². The lowest BCUT2D eigenvalue weighted by atomic mass is 10.2. The van der Waals surface area contributed by atoms with Gasteiger partial charge >= 0.3 is 0 Å². The van der Waals surface area contributed by atoms with E-state index in [-0.39, 0.29) is 0 Å². The highest BCUT2D eigenvalue weighted by molar-refractivity contribution is 9.10. The SMILES string of the molecule is COCc1nn(-c2cccc(Br)c2)c2c1CCN2. The van der Waals surface area contributed by atoms with E-state index in [0.717, 1.165) is 34.6 Å². The summed E-state index contributed by atoms with van der Waals surface area (Å²) in [5, 5.41) is 8.04. The molecule has 0 fully saturated rings. The zero-order valence-corrected chi connectivity index (χ0v) is 11.7. The first-order valence-corrected chi connectivity index (χ1v) is 6.68. The van der Waals surface area contributed by atoms with Crippen LogP contribution in [-0.4, -0.2) is 23.4 Å². The number of rotatable bonds is 3. The highest BCUT2D eigenvalue weighted by Gasteiger charge is 2.22. The number of aromatic nitrogens is 2. The lowest BCUT2D eigenvalue weighted by Gasteiger charge is -2.06. The summed E-state index contributed by atoms with van der Waals surface area (Å²) in [7, 11) is 1.70. The average molecular weight is 308 g/mol. The largest absolute Gasteiger partial charge is 0.378 e. The van der Waals surface area contributed by atoms with Crippen LogP contribution in [0.5, 0.6) is 0 Å². The van der Waals surface area contributed by atoms with E-state index in [1.54, 1.807) is 7.11 Å². The molecule has 0 saturated carbocycles. The molecule has 5 heteroatoms. The van der Waals surface area contributed by atoms with E-state index in [4.69, 9.17) is 4.74 Å². The highest BCUT2D eigenvalue weighted by atomic mass is 79.9. The molecule has 0 spiro atoms. The Morgan fingerprint density at radius 2 is 2.39 bits per heavy atom. The van der Waals surface area contributed by atoms with Crippen LogP contribution in [0.3, 0.4) is 0 Å². The third kappa shape index (κ3) is 1.93. The first-order chi connectivity index (χ1) is 8.79. The van der Waals surface area contributed by atoms with Crippen LogP contribution in [0.15, 0.2) is 28.7 Å². The van der Waals surface area contributed by atoms with Gasteiger partial charge in [0, 0.05) is 23.7 Å². The number of anilines is 1. The van der Waals surface area contributed by atoms with Crippen LogP contribution in [0.4, 0.5) is 5.82 Å². The van der Waals surface area contributed by atoms with Gasteiger partial charge in [-0.2, -0.15) is 5.10 Å². The summed E-state index contributed by atoms with van der Waals surface area (Å²) in [5.74, 6) is 1.10. The minimum absolute atomic E-state index is 0.561. The summed E-state index contributed by atoms with van der Waals surface area (Å²) in [4.78, 5) is 0. The molecule has 2 aromatic rings. The Hall–Kier alpha value is -1.33. The van der Waals surface area contributed by atoms with Gasteiger partial charge in [0.1, 0.15) is 5.82 Å². The Bertz CT molecular complexity index is 580. The fraction of sp³-hybridized carbons (Fsp3) is 0.308. The Labute approximate surface area is 114 Å². The fourth-order valence-electron chi connectivity index (χ4n) is 2.29. The zero-order chi connectivity index (χ0) is 12.5. The van der Waals surface area contributed by atoms with E-state index in [0.29, 0.717) is 6.61 Å². The molecule has 2 heterocycles. The Morgan fingerprint density at radius 3 is 3.17 bits per heavy atom. The van der Waals surface area contributed by atoms with E-state index < -0.39 is 0 Å². The second kappa shape index (κ2) is 4.74. The first kappa shape index (κ1) is 11.7. The number of halogens is 1. The van der Waals surface area contributed by atoms with Crippen LogP contribution in [-0.2, 0) is 17.8 Å². The molecule has 0 atom stereocenters. The normalized spacial score (nSPS) is 13.4. The predicted molar refractivity (Wildman–Crippen MR) is 74.2 cm³/mol. The molecule has 0 bridgehead atoms. The molecule has 4 nitrogen and oxygen atoms in total. The highest BCUT2D eigenvalue weighted by Crippen LogP contribution is 2.29. The van der Waals surface area contributed by atoms with Crippen LogP contribution in [0.1, 0.15) is 11.3 Å². The number of fused-ring (bicyclic) bond motifs is 1. The van der Waals surface area contributed by atoms with Crippen molar-refractivity contribution in [2.24, 2.45) is 0 Å². The van der Waals surface area contributed by atoms with Gasteiger partial charge in [-0.1, -0.05) is 22.0 Å². The average Bonchev–Trinajstić information content (AvgIpc) is 2.93. The van der Waals surface area contributed by atoms with Crippen molar-refractivity contribution in [3.05, 3.63) is 40.0 Å². The number of ether oxygens (including phenoxy) is 1. The van der Waals surface area contributed by atoms with Gasteiger partial charge < -0.3 is 10.1 Å². The minimum Gasteiger partial charge on any atom is -0.378 e. The van der Waals surface area contributed by atoms with Gasteiger partial charge in [-0.3, -0.25) is 0 Å². The molecule has 94 valence electrons. The number of methoxy groups -OCH3 is 1. The van der Waals surface area contributed by atoms with E-state index >= 15 is 0 Å². The number of nitrogens with one attached hydrogen (secondary N) is 1. The van der Waals surface area contributed by atoms with Crippen molar-refractivity contribution in [3.63, 3.8) is 0 Å². The number of hydrogen-bond donors (Lipinski definition) is 1. The molecule has 0 aliphatic carbocycles.